The smallest absolute Gasteiger partial charge is 0.658 e. The van der Waals surface area contributed by atoms with Crippen LogP contribution in [0.5, 0.6) is 0 Å². The van der Waals surface area contributed by atoms with Gasteiger partial charge in [-0.2, -0.15) is 0 Å². The van der Waals surface area contributed by atoms with E-state index in [9.17, 15) is 0 Å². The maximum absolute atomic E-state index is 4.28. The van der Waals surface area contributed by atoms with Gasteiger partial charge in [0.2, 0.25) is 0 Å². The standard InChI is InChI=1S/3C6H14N.Sm/c3*1-5(2)7-6(3)4;/h3*5-6H,1-4H3;/q3*-1;+3. The summed E-state index contributed by atoms with van der Waals surface area (Å²) < 4.78 is 0. The van der Waals surface area contributed by atoms with Crippen molar-refractivity contribution in [2.75, 3.05) is 0 Å². The second-order valence-electron chi connectivity index (χ2n) is 7.01. The summed E-state index contributed by atoms with van der Waals surface area (Å²) in [5, 5.41) is 12.8. The van der Waals surface area contributed by atoms with Crippen LogP contribution in [0, 0.1) is 40.4 Å². The fraction of sp³-hybridized carbons (Fsp3) is 1.00. The molecule has 0 amide bonds. The minimum absolute atomic E-state index is 0. The van der Waals surface area contributed by atoms with Crippen LogP contribution in [0.4, 0.5) is 0 Å². The third-order valence-electron chi connectivity index (χ3n) is 1.79. The van der Waals surface area contributed by atoms with Crippen molar-refractivity contribution in [1.29, 1.82) is 0 Å². The van der Waals surface area contributed by atoms with Crippen LogP contribution in [-0.2, 0) is 0 Å². The van der Waals surface area contributed by atoms with Gasteiger partial charge in [0.25, 0.3) is 0 Å². The average Bonchev–Trinajstić information content (AvgIpc) is 2.10. The zero-order valence-corrected chi connectivity index (χ0v) is 19.8. The Kier molecular flexibility index (Phi) is 28.6. The largest absolute Gasteiger partial charge is 3.00 e. The molecule has 0 heterocycles. The fourth-order valence-corrected chi connectivity index (χ4v) is 1.79. The maximum atomic E-state index is 4.28. The summed E-state index contributed by atoms with van der Waals surface area (Å²) in [4.78, 5) is 0. The molecule has 3 nitrogen and oxygen atoms in total. The Morgan fingerprint density at radius 1 is 0.318 bits per heavy atom. The van der Waals surface area contributed by atoms with Gasteiger partial charge in [-0.05, 0) is 0 Å². The van der Waals surface area contributed by atoms with Gasteiger partial charge in [0, 0.05) is 0 Å². The molecule has 0 atom stereocenters. The van der Waals surface area contributed by atoms with Gasteiger partial charge in [-0.1, -0.05) is 83.1 Å². The zero-order valence-electron chi connectivity index (χ0n) is 17.2. The van der Waals surface area contributed by atoms with Crippen molar-refractivity contribution in [2.24, 2.45) is 0 Å². The van der Waals surface area contributed by atoms with E-state index in [0.29, 0.717) is 36.3 Å². The minimum atomic E-state index is 0. The van der Waals surface area contributed by atoms with Crippen molar-refractivity contribution < 1.29 is 40.4 Å². The summed E-state index contributed by atoms with van der Waals surface area (Å²) in [7, 11) is 0. The molecule has 0 aliphatic heterocycles. The van der Waals surface area contributed by atoms with E-state index in [1.165, 1.54) is 0 Å². The first-order valence-corrected chi connectivity index (χ1v) is 8.48. The van der Waals surface area contributed by atoms with Gasteiger partial charge in [0.05, 0.1) is 0 Å². The number of rotatable bonds is 6. The molecule has 0 bridgehead atoms. The first kappa shape index (κ1) is 31.0. The van der Waals surface area contributed by atoms with Crippen LogP contribution in [0.2, 0.25) is 0 Å². The molecule has 0 unspecified atom stereocenters. The molecule has 0 aliphatic rings. The molecule has 22 heavy (non-hydrogen) atoms. The van der Waals surface area contributed by atoms with E-state index >= 15 is 0 Å². The van der Waals surface area contributed by atoms with Crippen molar-refractivity contribution in [1.82, 2.24) is 0 Å². The van der Waals surface area contributed by atoms with E-state index in [4.69, 9.17) is 0 Å². The van der Waals surface area contributed by atoms with Gasteiger partial charge in [-0.15, -0.1) is 36.3 Å². The SMILES string of the molecule is CC(C)[N-]C(C)C.CC(C)[N-]C(C)C.CC(C)[N-]C(C)C.[Sm+3]. The third kappa shape index (κ3) is 49.6. The summed E-state index contributed by atoms with van der Waals surface area (Å²) in [6, 6.07) is 3.00. The maximum Gasteiger partial charge on any atom is 3.00 e. The normalized spacial score (nSPS) is 10.6. The van der Waals surface area contributed by atoms with Gasteiger partial charge in [-0.3, -0.25) is 0 Å². The second kappa shape index (κ2) is 20.3. The predicted octanol–water partition coefficient (Wildman–Crippen LogP) is 6.53. The van der Waals surface area contributed by atoms with Crippen molar-refractivity contribution >= 4 is 0 Å². The summed E-state index contributed by atoms with van der Waals surface area (Å²) in [5.41, 5.74) is 0. The predicted molar refractivity (Wildman–Crippen MR) is 101 cm³/mol. The summed E-state index contributed by atoms with van der Waals surface area (Å²) in [6.45, 7) is 25.2. The molecule has 0 rings (SSSR count). The fourth-order valence-electron chi connectivity index (χ4n) is 1.79. The molecular formula is C18H42N3Sm. The molecule has 0 saturated heterocycles. The third-order valence-corrected chi connectivity index (χ3v) is 1.79. The van der Waals surface area contributed by atoms with Gasteiger partial charge >= 0.3 is 40.4 Å². The Morgan fingerprint density at radius 3 is 0.409 bits per heavy atom. The molecule has 1 radical (unpaired) electrons. The van der Waals surface area contributed by atoms with E-state index in [-0.39, 0.29) is 40.4 Å². The average molecular weight is 451 g/mol. The molecule has 0 spiro atoms. The second-order valence-corrected chi connectivity index (χ2v) is 7.01. The molecule has 0 aromatic rings. The molecule has 0 aromatic carbocycles. The van der Waals surface area contributed by atoms with Crippen LogP contribution in [-0.4, -0.2) is 36.3 Å². The van der Waals surface area contributed by atoms with Crippen molar-refractivity contribution in [2.45, 2.75) is 119 Å². The molecule has 0 N–H and O–H groups in total. The van der Waals surface area contributed by atoms with Crippen LogP contribution in [0.15, 0.2) is 0 Å². The van der Waals surface area contributed by atoms with E-state index < -0.39 is 0 Å². The summed E-state index contributed by atoms with van der Waals surface area (Å²) in [5.74, 6) is 0. The van der Waals surface area contributed by atoms with E-state index in [1.807, 2.05) is 0 Å². The van der Waals surface area contributed by atoms with Crippen LogP contribution in [0.25, 0.3) is 16.0 Å². The Morgan fingerprint density at radius 2 is 0.409 bits per heavy atom. The summed E-state index contributed by atoms with van der Waals surface area (Å²) >= 11 is 0. The Hall–Kier alpha value is 1.22. The quantitative estimate of drug-likeness (QED) is 0.441. The number of hydrogen-bond acceptors (Lipinski definition) is 0. The van der Waals surface area contributed by atoms with Crippen LogP contribution in [0.1, 0.15) is 83.1 Å². The molecule has 0 saturated carbocycles. The van der Waals surface area contributed by atoms with E-state index in [2.05, 4.69) is 99.0 Å². The van der Waals surface area contributed by atoms with Crippen molar-refractivity contribution in [3.8, 4) is 0 Å². The number of hydrogen-bond donors (Lipinski definition) is 0. The van der Waals surface area contributed by atoms with Crippen LogP contribution < -0.4 is 0 Å². The van der Waals surface area contributed by atoms with Gasteiger partial charge < -0.3 is 16.0 Å². The van der Waals surface area contributed by atoms with E-state index in [0.717, 1.165) is 0 Å². The minimum Gasteiger partial charge on any atom is -0.658 e. The molecular weight excluding hydrogens is 409 g/mol. The topological polar surface area (TPSA) is 42.3 Å². The van der Waals surface area contributed by atoms with Gasteiger partial charge in [0.1, 0.15) is 0 Å². The van der Waals surface area contributed by atoms with Crippen molar-refractivity contribution in [3.63, 3.8) is 0 Å². The van der Waals surface area contributed by atoms with Crippen LogP contribution >= 0.6 is 0 Å². The first-order chi connectivity index (χ1) is 9.38. The molecule has 0 aliphatic carbocycles. The Labute approximate surface area is 174 Å². The van der Waals surface area contributed by atoms with Gasteiger partial charge in [0.15, 0.2) is 0 Å². The molecule has 0 aromatic heterocycles. The zero-order chi connectivity index (χ0) is 17.6. The molecule has 135 valence electrons. The monoisotopic (exact) mass is 452 g/mol. The molecule has 4 heteroatoms. The van der Waals surface area contributed by atoms with Crippen molar-refractivity contribution in [3.05, 3.63) is 16.0 Å². The van der Waals surface area contributed by atoms with Gasteiger partial charge in [-0.25, -0.2) is 0 Å². The van der Waals surface area contributed by atoms with E-state index in [1.54, 1.807) is 0 Å². The van der Waals surface area contributed by atoms with Crippen LogP contribution in [0.3, 0.4) is 0 Å². The first-order valence-electron chi connectivity index (χ1n) is 8.48. The summed E-state index contributed by atoms with van der Waals surface area (Å²) in [6.07, 6.45) is 0. The number of nitrogens with zero attached hydrogens (tertiary/aromatic N) is 3. The Bertz CT molecular complexity index is 139. The Balaban J connectivity index is -0.000000108. The molecule has 0 fully saturated rings.